The number of hydrogen-bond donors (Lipinski definition) is 2. The van der Waals surface area contributed by atoms with Crippen molar-refractivity contribution in [2.45, 2.75) is 39.2 Å². The highest BCUT2D eigenvalue weighted by molar-refractivity contribution is 5.75. The molecule has 0 spiro atoms. The summed E-state index contributed by atoms with van der Waals surface area (Å²) in [6.45, 7) is 4.37. The third kappa shape index (κ3) is 3.19. The molecule has 0 aromatic heterocycles. The number of aliphatic hydroxyl groups is 2. The van der Waals surface area contributed by atoms with E-state index in [2.05, 4.69) is 13.8 Å². The Morgan fingerprint density at radius 2 is 2.19 bits per heavy atom. The minimum Gasteiger partial charge on any atom is -0.465 e. The van der Waals surface area contributed by atoms with Gasteiger partial charge < -0.3 is 14.9 Å². The molecule has 1 aliphatic rings. The molecule has 0 saturated carbocycles. The first-order valence-corrected chi connectivity index (χ1v) is 6.05. The molecule has 1 aliphatic heterocycles. The Balaban J connectivity index is 2.45. The summed E-state index contributed by atoms with van der Waals surface area (Å²) in [5, 5.41) is 19.0. The van der Waals surface area contributed by atoms with Gasteiger partial charge in [0.15, 0.2) is 0 Å². The van der Waals surface area contributed by atoms with E-state index in [0.29, 0.717) is 12.3 Å². The molecule has 2 N–H and O–H groups in total. The number of rotatable bonds is 6. The quantitative estimate of drug-likeness (QED) is 0.667. The molecule has 4 nitrogen and oxygen atoms in total. The number of aliphatic hydroxyl groups excluding tert-OH is 2. The van der Waals surface area contributed by atoms with Gasteiger partial charge in [-0.3, -0.25) is 4.79 Å². The Bertz CT molecular complexity index is 229. The van der Waals surface area contributed by atoms with Crippen molar-refractivity contribution in [3.63, 3.8) is 0 Å². The summed E-state index contributed by atoms with van der Waals surface area (Å²) >= 11 is 0. The average Bonchev–Trinajstić information content (AvgIpc) is 2.66. The average molecular weight is 230 g/mol. The second-order valence-corrected chi connectivity index (χ2v) is 4.76. The van der Waals surface area contributed by atoms with Crippen LogP contribution in [0.15, 0.2) is 0 Å². The van der Waals surface area contributed by atoms with Crippen LogP contribution in [-0.4, -0.2) is 35.5 Å². The minimum absolute atomic E-state index is 0.100. The Morgan fingerprint density at radius 1 is 1.50 bits per heavy atom. The van der Waals surface area contributed by atoms with E-state index in [4.69, 9.17) is 9.84 Å². The first kappa shape index (κ1) is 13.5. The highest BCUT2D eigenvalue weighted by atomic mass is 16.5. The molecule has 0 bridgehead atoms. The van der Waals surface area contributed by atoms with E-state index in [1.165, 1.54) is 0 Å². The van der Waals surface area contributed by atoms with Crippen LogP contribution in [0, 0.1) is 17.8 Å². The normalized spacial score (nSPS) is 28.9. The smallest absolute Gasteiger partial charge is 0.312 e. The van der Waals surface area contributed by atoms with Crippen molar-refractivity contribution >= 4 is 5.97 Å². The van der Waals surface area contributed by atoms with E-state index in [9.17, 15) is 9.90 Å². The van der Waals surface area contributed by atoms with Crippen LogP contribution >= 0.6 is 0 Å². The molecular formula is C12H22O4. The lowest BCUT2D eigenvalue weighted by Crippen LogP contribution is -2.31. The van der Waals surface area contributed by atoms with Gasteiger partial charge in [0.1, 0.15) is 0 Å². The van der Waals surface area contributed by atoms with Crippen LogP contribution in [0.25, 0.3) is 0 Å². The fourth-order valence-electron chi connectivity index (χ4n) is 2.06. The molecule has 0 unspecified atom stereocenters. The molecule has 4 atom stereocenters. The molecule has 1 fully saturated rings. The van der Waals surface area contributed by atoms with E-state index < -0.39 is 12.0 Å². The van der Waals surface area contributed by atoms with Crippen molar-refractivity contribution in [2.75, 3.05) is 13.2 Å². The van der Waals surface area contributed by atoms with Crippen LogP contribution in [0.1, 0.15) is 33.1 Å². The highest BCUT2D eigenvalue weighted by Gasteiger charge is 2.41. The lowest BCUT2D eigenvalue weighted by molar-refractivity contribution is -0.144. The van der Waals surface area contributed by atoms with Gasteiger partial charge in [0, 0.05) is 5.92 Å². The Kier molecular flexibility index (Phi) is 5.22. The molecule has 1 rings (SSSR count). The third-order valence-electron chi connectivity index (χ3n) is 3.52. The van der Waals surface area contributed by atoms with E-state index in [-0.39, 0.29) is 25.1 Å². The van der Waals surface area contributed by atoms with Crippen LogP contribution in [0.4, 0.5) is 0 Å². The summed E-state index contributed by atoms with van der Waals surface area (Å²) in [5.41, 5.74) is 0. The second kappa shape index (κ2) is 6.21. The summed E-state index contributed by atoms with van der Waals surface area (Å²) in [4.78, 5) is 11.4. The van der Waals surface area contributed by atoms with Gasteiger partial charge in [0.05, 0.1) is 25.2 Å². The first-order valence-electron chi connectivity index (χ1n) is 6.05. The molecule has 0 radical (unpaired) electrons. The van der Waals surface area contributed by atoms with Crippen LogP contribution in [-0.2, 0) is 9.53 Å². The molecule has 16 heavy (non-hydrogen) atoms. The minimum atomic E-state index is -0.679. The SMILES string of the molecule is CC[C@@H](C)CC[C@H](O)[C@@H]1C(=O)OC[C@H]1CO. The van der Waals surface area contributed by atoms with Gasteiger partial charge in [-0.25, -0.2) is 0 Å². The van der Waals surface area contributed by atoms with Crippen molar-refractivity contribution in [2.24, 2.45) is 17.8 Å². The number of carbonyl (C=O) groups is 1. The predicted octanol–water partition coefficient (Wildman–Crippen LogP) is 0.955. The zero-order valence-corrected chi connectivity index (χ0v) is 10.1. The van der Waals surface area contributed by atoms with Gasteiger partial charge in [0.2, 0.25) is 0 Å². The zero-order chi connectivity index (χ0) is 12.1. The first-order chi connectivity index (χ1) is 7.60. The fourth-order valence-corrected chi connectivity index (χ4v) is 2.06. The van der Waals surface area contributed by atoms with E-state index in [1.807, 2.05) is 0 Å². The topological polar surface area (TPSA) is 66.8 Å². The van der Waals surface area contributed by atoms with Gasteiger partial charge in [-0.15, -0.1) is 0 Å². The molecule has 1 heterocycles. The van der Waals surface area contributed by atoms with Gasteiger partial charge >= 0.3 is 5.97 Å². The van der Waals surface area contributed by atoms with Crippen molar-refractivity contribution in [1.29, 1.82) is 0 Å². The van der Waals surface area contributed by atoms with E-state index in [1.54, 1.807) is 0 Å². The molecule has 0 aromatic carbocycles. The van der Waals surface area contributed by atoms with Crippen molar-refractivity contribution < 1.29 is 19.7 Å². The van der Waals surface area contributed by atoms with Crippen LogP contribution in [0.3, 0.4) is 0 Å². The molecule has 0 amide bonds. The van der Waals surface area contributed by atoms with E-state index in [0.717, 1.165) is 12.8 Å². The van der Waals surface area contributed by atoms with Crippen LogP contribution in [0.5, 0.6) is 0 Å². The summed E-state index contributed by atoms with van der Waals surface area (Å²) in [6.07, 6.45) is 1.90. The Hall–Kier alpha value is -0.610. The fraction of sp³-hybridized carbons (Fsp3) is 0.917. The van der Waals surface area contributed by atoms with Crippen molar-refractivity contribution in [1.82, 2.24) is 0 Å². The molecule has 0 aliphatic carbocycles. The summed E-state index contributed by atoms with van der Waals surface area (Å²) in [6, 6.07) is 0. The van der Waals surface area contributed by atoms with Crippen LogP contribution < -0.4 is 0 Å². The van der Waals surface area contributed by atoms with Crippen molar-refractivity contribution in [3.8, 4) is 0 Å². The monoisotopic (exact) mass is 230 g/mol. The number of esters is 1. The number of carbonyl (C=O) groups excluding carboxylic acids is 1. The standard InChI is InChI=1S/C12H22O4/c1-3-8(2)4-5-10(14)11-9(6-13)7-16-12(11)15/h8-11,13-14H,3-7H2,1-2H3/t8-,9-,10+,11-/m1/s1. The number of ether oxygens (including phenoxy) is 1. The van der Waals surface area contributed by atoms with E-state index >= 15 is 0 Å². The number of cyclic esters (lactones) is 1. The second-order valence-electron chi connectivity index (χ2n) is 4.76. The number of hydrogen-bond acceptors (Lipinski definition) is 4. The lowest BCUT2D eigenvalue weighted by Gasteiger charge is -2.20. The van der Waals surface area contributed by atoms with Gasteiger partial charge in [0.25, 0.3) is 0 Å². The molecule has 1 saturated heterocycles. The van der Waals surface area contributed by atoms with Gasteiger partial charge in [-0.2, -0.15) is 0 Å². The maximum atomic E-state index is 11.4. The molecule has 0 aromatic rings. The maximum absolute atomic E-state index is 11.4. The highest BCUT2D eigenvalue weighted by Crippen LogP contribution is 2.28. The third-order valence-corrected chi connectivity index (χ3v) is 3.52. The zero-order valence-electron chi connectivity index (χ0n) is 10.1. The maximum Gasteiger partial charge on any atom is 0.312 e. The van der Waals surface area contributed by atoms with Crippen molar-refractivity contribution in [3.05, 3.63) is 0 Å². The Labute approximate surface area is 96.6 Å². The van der Waals surface area contributed by atoms with Gasteiger partial charge in [-0.1, -0.05) is 20.3 Å². The largest absolute Gasteiger partial charge is 0.465 e. The molecular weight excluding hydrogens is 208 g/mol. The summed E-state index contributed by atoms with van der Waals surface area (Å²) in [7, 11) is 0. The lowest BCUT2D eigenvalue weighted by atomic mass is 9.87. The predicted molar refractivity (Wildman–Crippen MR) is 59.7 cm³/mol. The molecule has 4 heteroatoms. The Morgan fingerprint density at radius 3 is 2.75 bits per heavy atom. The van der Waals surface area contributed by atoms with Crippen LogP contribution in [0.2, 0.25) is 0 Å². The molecule has 94 valence electrons. The van der Waals surface area contributed by atoms with Gasteiger partial charge in [-0.05, 0) is 18.8 Å². The summed E-state index contributed by atoms with van der Waals surface area (Å²) < 4.78 is 4.86. The summed E-state index contributed by atoms with van der Waals surface area (Å²) in [5.74, 6) is -0.580.